The highest BCUT2D eigenvalue weighted by atomic mass is 35.5. The molecule has 134 valence electrons. The molecule has 2 rings (SSSR count). The average Bonchev–Trinajstić information content (AvgIpc) is 2.63. The molecule has 2 N–H and O–H groups in total. The van der Waals surface area contributed by atoms with E-state index in [2.05, 4.69) is 10.6 Å². The van der Waals surface area contributed by atoms with Gasteiger partial charge in [-0.2, -0.15) is 0 Å². The van der Waals surface area contributed by atoms with Crippen LogP contribution in [0.3, 0.4) is 0 Å². The largest absolute Gasteiger partial charge is 0.497 e. The van der Waals surface area contributed by atoms with E-state index < -0.39 is 0 Å². The van der Waals surface area contributed by atoms with Crippen molar-refractivity contribution in [2.45, 2.75) is 19.5 Å². The van der Waals surface area contributed by atoms with Crippen molar-refractivity contribution < 1.29 is 14.3 Å². The van der Waals surface area contributed by atoms with Crippen LogP contribution in [0.4, 0.5) is 0 Å². The Morgan fingerprint density at radius 1 is 1.16 bits per heavy atom. The summed E-state index contributed by atoms with van der Waals surface area (Å²) in [6.45, 7) is 2.61. The van der Waals surface area contributed by atoms with Gasteiger partial charge in [-0.05, 0) is 42.8 Å². The molecule has 0 bridgehead atoms. The second kappa shape index (κ2) is 9.30. The lowest BCUT2D eigenvalue weighted by molar-refractivity contribution is -0.120. The molecule has 0 spiro atoms. The van der Waals surface area contributed by atoms with Gasteiger partial charge in [0, 0.05) is 23.2 Å². The highest BCUT2D eigenvalue weighted by Crippen LogP contribution is 2.29. The molecule has 0 unspecified atom stereocenters. The maximum Gasteiger partial charge on any atom is 0.234 e. The lowest BCUT2D eigenvalue weighted by Gasteiger charge is -2.18. The minimum Gasteiger partial charge on any atom is -0.497 e. The summed E-state index contributed by atoms with van der Waals surface area (Å²) in [6, 6.07) is 12.9. The summed E-state index contributed by atoms with van der Waals surface area (Å²) < 4.78 is 10.6. The standard InChI is InChI=1S/C19H23ClN2O3/c1-13(17-10-16(24-2)7-8-18(17)25-3)21-12-19(23)22-11-14-5-4-6-15(20)9-14/h4-10,13,21H,11-12H2,1-3H3,(H,22,23)/t13-/m0/s1. The topological polar surface area (TPSA) is 59.6 Å². The second-order valence-electron chi connectivity index (χ2n) is 5.62. The summed E-state index contributed by atoms with van der Waals surface area (Å²) in [5.41, 5.74) is 1.90. The van der Waals surface area contributed by atoms with E-state index in [4.69, 9.17) is 21.1 Å². The van der Waals surface area contributed by atoms with Gasteiger partial charge in [0.2, 0.25) is 5.91 Å². The SMILES string of the molecule is COc1ccc(OC)c([C@H](C)NCC(=O)NCc2cccc(Cl)c2)c1. The lowest BCUT2D eigenvalue weighted by atomic mass is 10.1. The fraction of sp³-hybridized carbons (Fsp3) is 0.316. The zero-order valence-corrected chi connectivity index (χ0v) is 15.4. The van der Waals surface area contributed by atoms with Gasteiger partial charge in [-0.25, -0.2) is 0 Å². The predicted octanol–water partition coefficient (Wildman–Crippen LogP) is 3.32. The Balaban J connectivity index is 1.88. The molecule has 1 amide bonds. The van der Waals surface area contributed by atoms with Gasteiger partial charge in [0.05, 0.1) is 20.8 Å². The first kappa shape index (κ1) is 19.1. The van der Waals surface area contributed by atoms with Gasteiger partial charge in [0.1, 0.15) is 11.5 Å². The van der Waals surface area contributed by atoms with Crippen molar-refractivity contribution in [2.75, 3.05) is 20.8 Å². The highest BCUT2D eigenvalue weighted by Gasteiger charge is 2.13. The van der Waals surface area contributed by atoms with Gasteiger partial charge in [0.25, 0.3) is 0 Å². The van der Waals surface area contributed by atoms with Crippen molar-refractivity contribution >= 4 is 17.5 Å². The molecular formula is C19H23ClN2O3. The number of methoxy groups -OCH3 is 2. The number of hydrogen-bond donors (Lipinski definition) is 2. The molecule has 0 fully saturated rings. The minimum atomic E-state index is -0.0892. The number of benzene rings is 2. The molecule has 2 aromatic carbocycles. The molecule has 0 aliphatic carbocycles. The van der Waals surface area contributed by atoms with Gasteiger partial charge in [0.15, 0.2) is 0 Å². The van der Waals surface area contributed by atoms with Gasteiger partial charge >= 0.3 is 0 Å². The lowest BCUT2D eigenvalue weighted by Crippen LogP contribution is -2.34. The number of carbonyl (C=O) groups is 1. The van der Waals surface area contributed by atoms with Crippen LogP contribution in [0.25, 0.3) is 0 Å². The van der Waals surface area contributed by atoms with Crippen LogP contribution in [0.5, 0.6) is 11.5 Å². The maximum atomic E-state index is 12.1. The fourth-order valence-corrected chi connectivity index (χ4v) is 2.66. The molecule has 0 heterocycles. The van der Waals surface area contributed by atoms with Crippen molar-refractivity contribution in [3.63, 3.8) is 0 Å². The molecule has 0 radical (unpaired) electrons. The van der Waals surface area contributed by atoms with Crippen molar-refractivity contribution in [1.82, 2.24) is 10.6 Å². The first-order valence-corrected chi connectivity index (χ1v) is 8.37. The number of amides is 1. The minimum absolute atomic E-state index is 0.0676. The molecule has 0 aliphatic rings. The van der Waals surface area contributed by atoms with Gasteiger partial charge in [-0.1, -0.05) is 23.7 Å². The Labute approximate surface area is 153 Å². The van der Waals surface area contributed by atoms with Gasteiger partial charge < -0.3 is 20.1 Å². The number of ether oxygens (including phenoxy) is 2. The van der Waals surface area contributed by atoms with Gasteiger partial charge in [-0.3, -0.25) is 4.79 Å². The van der Waals surface area contributed by atoms with E-state index in [1.807, 2.05) is 43.3 Å². The summed E-state index contributed by atoms with van der Waals surface area (Å²) in [5.74, 6) is 1.41. The third kappa shape index (κ3) is 5.66. The Morgan fingerprint density at radius 3 is 2.64 bits per heavy atom. The third-order valence-corrected chi connectivity index (χ3v) is 4.09. The predicted molar refractivity (Wildman–Crippen MR) is 99.3 cm³/mol. The Kier molecular flexibility index (Phi) is 7.10. The molecule has 5 nitrogen and oxygen atoms in total. The molecular weight excluding hydrogens is 340 g/mol. The van der Waals surface area contributed by atoms with Crippen LogP contribution in [-0.4, -0.2) is 26.7 Å². The first-order chi connectivity index (χ1) is 12.0. The highest BCUT2D eigenvalue weighted by molar-refractivity contribution is 6.30. The molecule has 1 atom stereocenters. The average molecular weight is 363 g/mol. The molecule has 25 heavy (non-hydrogen) atoms. The number of halogens is 1. The number of rotatable bonds is 8. The smallest absolute Gasteiger partial charge is 0.234 e. The summed E-state index contributed by atoms with van der Waals surface area (Å²) in [5, 5.41) is 6.72. The van der Waals surface area contributed by atoms with Crippen molar-refractivity contribution in [1.29, 1.82) is 0 Å². The molecule has 0 aliphatic heterocycles. The van der Waals surface area contributed by atoms with Crippen LogP contribution in [-0.2, 0) is 11.3 Å². The molecule has 0 aromatic heterocycles. The van der Waals surface area contributed by atoms with Crippen LogP contribution in [0.1, 0.15) is 24.1 Å². The van der Waals surface area contributed by atoms with Gasteiger partial charge in [-0.15, -0.1) is 0 Å². The van der Waals surface area contributed by atoms with E-state index >= 15 is 0 Å². The maximum absolute atomic E-state index is 12.1. The zero-order chi connectivity index (χ0) is 18.2. The Morgan fingerprint density at radius 2 is 1.96 bits per heavy atom. The first-order valence-electron chi connectivity index (χ1n) is 8.00. The number of nitrogens with one attached hydrogen (secondary N) is 2. The van der Waals surface area contributed by atoms with E-state index in [-0.39, 0.29) is 18.5 Å². The van der Waals surface area contributed by atoms with E-state index in [1.54, 1.807) is 20.3 Å². The monoisotopic (exact) mass is 362 g/mol. The molecule has 6 heteroatoms. The van der Waals surface area contributed by atoms with E-state index in [0.29, 0.717) is 11.6 Å². The quantitative estimate of drug-likeness (QED) is 0.756. The normalized spacial score (nSPS) is 11.7. The Bertz CT molecular complexity index is 722. The molecule has 0 saturated carbocycles. The molecule has 2 aromatic rings. The fourth-order valence-electron chi connectivity index (χ4n) is 2.44. The van der Waals surface area contributed by atoms with Crippen LogP contribution >= 0.6 is 11.6 Å². The summed E-state index contributed by atoms with van der Waals surface area (Å²) in [6.07, 6.45) is 0. The van der Waals surface area contributed by atoms with Crippen molar-refractivity contribution in [3.05, 3.63) is 58.6 Å². The van der Waals surface area contributed by atoms with Crippen LogP contribution < -0.4 is 20.1 Å². The van der Waals surface area contributed by atoms with Crippen LogP contribution in [0, 0.1) is 0 Å². The molecule has 0 saturated heterocycles. The van der Waals surface area contributed by atoms with E-state index in [0.717, 1.165) is 22.6 Å². The summed E-state index contributed by atoms with van der Waals surface area (Å²) in [7, 11) is 3.24. The van der Waals surface area contributed by atoms with Crippen molar-refractivity contribution in [3.8, 4) is 11.5 Å². The summed E-state index contributed by atoms with van der Waals surface area (Å²) in [4.78, 5) is 12.1. The zero-order valence-electron chi connectivity index (χ0n) is 14.6. The Hall–Kier alpha value is -2.24. The summed E-state index contributed by atoms with van der Waals surface area (Å²) >= 11 is 5.94. The van der Waals surface area contributed by atoms with Crippen LogP contribution in [0.15, 0.2) is 42.5 Å². The number of carbonyl (C=O) groups excluding carboxylic acids is 1. The van der Waals surface area contributed by atoms with Crippen molar-refractivity contribution in [2.24, 2.45) is 0 Å². The number of hydrogen-bond acceptors (Lipinski definition) is 4. The second-order valence-corrected chi connectivity index (χ2v) is 6.05. The van der Waals surface area contributed by atoms with E-state index in [9.17, 15) is 4.79 Å². The van der Waals surface area contributed by atoms with Crippen LogP contribution in [0.2, 0.25) is 5.02 Å². The third-order valence-electron chi connectivity index (χ3n) is 3.85. The van der Waals surface area contributed by atoms with E-state index in [1.165, 1.54) is 0 Å².